The van der Waals surface area contributed by atoms with Crippen molar-refractivity contribution < 1.29 is 14.7 Å². The molecule has 80 valence electrons. The number of rotatable bonds is 4. The lowest BCUT2D eigenvalue weighted by molar-refractivity contribution is -0.144. The number of amides is 1. The van der Waals surface area contributed by atoms with Gasteiger partial charge in [0.25, 0.3) is 0 Å². The second-order valence-corrected chi connectivity index (χ2v) is 4.43. The molecule has 14 heavy (non-hydrogen) atoms. The molecule has 0 aliphatic heterocycles. The third kappa shape index (κ3) is 1.87. The Morgan fingerprint density at radius 1 is 1.50 bits per heavy atom. The molecule has 0 aromatic heterocycles. The highest BCUT2D eigenvalue weighted by atomic mass is 16.4. The van der Waals surface area contributed by atoms with Crippen molar-refractivity contribution in [2.45, 2.75) is 32.2 Å². The van der Waals surface area contributed by atoms with E-state index in [1.807, 2.05) is 0 Å². The highest BCUT2D eigenvalue weighted by molar-refractivity contribution is 5.91. The van der Waals surface area contributed by atoms with Gasteiger partial charge < -0.3 is 16.2 Å². The Balaban J connectivity index is 2.62. The van der Waals surface area contributed by atoms with E-state index in [4.69, 9.17) is 10.8 Å². The Morgan fingerprint density at radius 2 is 2.00 bits per heavy atom. The highest BCUT2D eigenvalue weighted by Gasteiger charge is 2.52. The SMILES string of the molecule is CC(C)(CN)C(=O)NC1(C(=O)O)CC1. The van der Waals surface area contributed by atoms with Gasteiger partial charge in [0.1, 0.15) is 5.54 Å². The number of carboxylic acid groups (broad SMARTS) is 1. The minimum absolute atomic E-state index is 0.203. The maximum absolute atomic E-state index is 11.6. The van der Waals surface area contributed by atoms with Gasteiger partial charge in [-0.3, -0.25) is 4.79 Å². The second-order valence-electron chi connectivity index (χ2n) is 4.43. The van der Waals surface area contributed by atoms with Crippen molar-refractivity contribution in [3.8, 4) is 0 Å². The Labute approximate surface area is 82.7 Å². The molecule has 5 nitrogen and oxygen atoms in total. The summed E-state index contributed by atoms with van der Waals surface area (Å²) in [7, 11) is 0. The summed E-state index contributed by atoms with van der Waals surface area (Å²) in [5.74, 6) is -1.25. The van der Waals surface area contributed by atoms with Gasteiger partial charge in [0.15, 0.2) is 0 Å². The fourth-order valence-corrected chi connectivity index (χ4v) is 0.997. The van der Waals surface area contributed by atoms with E-state index in [2.05, 4.69) is 5.32 Å². The number of carbonyl (C=O) groups is 2. The number of hydrogen-bond donors (Lipinski definition) is 3. The Morgan fingerprint density at radius 3 is 2.29 bits per heavy atom. The molecule has 1 amide bonds. The van der Waals surface area contributed by atoms with E-state index in [1.54, 1.807) is 13.8 Å². The highest BCUT2D eigenvalue weighted by Crippen LogP contribution is 2.36. The molecule has 4 N–H and O–H groups in total. The molecule has 0 bridgehead atoms. The lowest BCUT2D eigenvalue weighted by atomic mass is 9.92. The predicted molar refractivity (Wildman–Crippen MR) is 50.6 cm³/mol. The molecule has 0 heterocycles. The summed E-state index contributed by atoms with van der Waals surface area (Å²) in [6, 6.07) is 0. The number of carboxylic acids is 1. The maximum atomic E-state index is 11.6. The van der Waals surface area contributed by atoms with Crippen LogP contribution < -0.4 is 11.1 Å². The third-order valence-corrected chi connectivity index (χ3v) is 2.64. The fourth-order valence-electron chi connectivity index (χ4n) is 0.997. The zero-order chi connectivity index (χ0) is 11.0. The summed E-state index contributed by atoms with van der Waals surface area (Å²) in [5.41, 5.74) is 3.70. The van der Waals surface area contributed by atoms with E-state index in [0.717, 1.165) is 0 Å². The van der Waals surface area contributed by atoms with Crippen LogP contribution in [0.2, 0.25) is 0 Å². The predicted octanol–water partition coefficient (Wildman–Crippen LogP) is -0.295. The minimum Gasteiger partial charge on any atom is -0.480 e. The first kappa shape index (κ1) is 11.0. The van der Waals surface area contributed by atoms with Crippen molar-refractivity contribution in [1.29, 1.82) is 0 Å². The van der Waals surface area contributed by atoms with Gasteiger partial charge in [-0.25, -0.2) is 4.79 Å². The third-order valence-electron chi connectivity index (χ3n) is 2.64. The van der Waals surface area contributed by atoms with Crippen LogP contribution in [0.4, 0.5) is 0 Å². The molecular weight excluding hydrogens is 184 g/mol. The minimum atomic E-state index is -1.01. The van der Waals surface area contributed by atoms with Gasteiger partial charge >= 0.3 is 5.97 Å². The monoisotopic (exact) mass is 200 g/mol. The van der Waals surface area contributed by atoms with Gasteiger partial charge in [-0.05, 0) is 26.7 Å². The van der Waals surface area contributed by atoms with Gasteiger partial charge in [0.2, 0.25) is 5.91 Å². The van der Waals surface area contributed by atoms with Crippen LogP contribution in [-0.4, -0.2) is 29.1 Å². The molecule has 1 rings (SSSR count). The summed E-state index contributed by atoms with van der Waals surface area (Å²) in [5, 5.41) is 11.4. The zero-order valence-corrected chi connectivity index (χ0v) is 8.46. The number of nitrogens with one attached hydrogen (secondary N) is 1. The molecule has 0 unspecified atom stereocenters. The number of aliphatic carboxylic acids is 1. The van der Waals surface area contributed by atoms with Crippen LogP contribution >= 0.6 is 0 Å². The van der Waals surface area contributed by atoms with Crippen LogP contribution in [0.3, 0.4) is 0 Å². The van der Waals surface area contributed by atoms with Gasteiger partial charge in [-0.15, -0.1) is 0 Å². The largest absolute Gasteiger partial charge is 0.480 e. The van der Waals surface area contributed by atoms with Crippen LogP contribution in [0.15, 0.2) is 0 Å². The van der Waals surface area contributed by atoms with E-state index in [1.165, 1.54) is 0 Å². The Bertz CT molecular complexity index is 269. The van der Waals surface area contributed by atoms with Crippen LogP contribution in [0.1, 0.15) is 26.7 Å². The van der Waals surface area contributed by atoms with Gasteiger partial charge in [-0.2, -0.15) is 0 Å². The molecule has 0 aromatic carbocycles. The number of carbonyl (C=O) groups excluding carboxylic acids is 1. The van der Waals surface area contributed by atoms with Crippen LogP contribution in [0.5, 0.6) is 0 Å². The summed E-state index contributed by atoms with van der Waals surface area (Å²) in [6.45, 7) is 3.59. The number of hydrogen-bond acceptors (Lipinski definition) is 3. The molecule has 0 aromatic rings. The molecule has 0 radical (unpaired) electrons. The van der Waals surface area contributed by atoms with Crippen molar-refractivity contribution in [3.63, 3.8) is 0 Å². The van der Waals surface area contributed by atoms with Crippen LogP contribution in [0, 0.1) is 5.41 Å². The first-order valence-electron chi connectivity index (χ1n) is 4.60. The average Bonchev–Trinajstić information content (AvgIpc) is 2.85. The molecule has 1 aliphatic carbocycles. The van der Waals surface area contributed by atoms with Gasteiger partial charge in [0, 0.05) is 6.54 Å². The molecule has 1 aliphatic rings. The standard InChI is InChI=1S/C9H16N2O3/c1-8(2,5-10)6(12)11-9(3-4-9)7(13)14/h3-5,10H2,1-2H3,(H,11,12)(H,13,14). The average molecular weight is 200 g/mol. The summed E-state index contributed by atoms with van der Waals surface area (Å²) >= 11 is 0. The van der Waals surface area contributed by atoms with Crippen molar-refractivity contribution in [3.05, 3.63) is 0 Å². The lowest BCUT2D eigenvalue weighted by Crippen LogP contribution is -2.50. The molecule has 0 atom stereocenters. The van der Waals surface area contributed by atoms with E-state index in [-0.39, 0.29) is 12.5 Å². The zero-order valence-electron chi connectivity index (χ0n) is 8.46. The molecule has 1 fully saturated rings. The number of nitrogens with two attached hydrogens (primary N) is 1. The second kappa shape index (κ2) is 3.24. The molecule has 5 heteroatoms. The van der Waals surface area contributed by atoms with E-state index < -0.39 is 16.9 Å². The quantitative estimate of drug-likeness (QED) is 0.581. The van der Waals surface area contributed by atoms with Crippen molar-refractivity contribution >= 4 is 11.9 Å². The first-order valence-corrected chi connectivity index (χ1v) is 4.60. The van der Waals surface area contributed by atoms with E-state index in [0.29, 0.717) is 12.8 Å². The van der Waals surface area contributed by atoms with Crippen LogP contribution in [0.25, 0.3) is 0 Å². The van der Waals surface area contributed by atoms with Gasteiger partial charge in [-0.1, -0.05) is 0 Å². The summed E-state index contributed by atoms with van der Waals surface area (Å²) in [6.07, 6.45) is 1.02. The molecule has 1 saturated carbocycles. The lowest BCUT2D eigenvalue weighted by Gasteiger charge is -2.24. The van der Waals surface area contributed by atoms with Crippen molar-refractivity contribution in [1.82, 2.24) is 5.32 Å². The van der Waals surface area contributed by atoms with Crippen molar-refractivity contribution in [2.24, 2.45) is 11.1 Å². The Hall–Kier alpha value is -1.10. The molecule has 0 spiro atoms. The normalized spacial score (nSPS) is 18.8. The fraction of sp³-hybridized carbons (Fsp3) is 0.778. The summed E-state index contributed by atoms with van der Waals surface area (Å²) in [4.78, 5) is 22.4. The van der Waals surface area contributed by atoms with Crippen molar-refractivity contribution in [2.75, 3.05) is 6.54 Å². The van der Waals surface area contributed by atoms with Crippen LogP contribution in [-0.2, 0) is 9.59 Å². The Kier molecular flexibility index (Phi) is 2.54. The van der Waals surface area contributed by atoms with Gasteiger partial charge in [0.05, 0.1) is 5.41 Å². The summed E-state index contributed by atoms with van der Waals surface area (Å²) < 4.78 is 0. The maximum Gasteiger partial charge on any atom is 0.329 e. The topological polar surface area (TPSA) is 92.4 Å². The van der Waals surface area contributed by atoms with E-state index in [9.17, 15) is 9.59 Å². The smallest absolute Gasteiger partial charge is 0.329 e. The van der Waals surface area contributed by atoms with E-state index >= 15 is 0 Å². The molecular formula is C9H16N2O3. The molecule has 0 saturated heterocycles. The first-order chi connectivity index (χ1) is 6.34.